The van der Waals surface area contributed by atoms with Gasteiger partial charge in [-0.2, -0.15) is 0 Å². The summed E-state index contributed by atoms with van der Waals surface area (Å²) in [7, 11) is 3.31. The third-order valence-corrected chi connectivity index (χ3v) is 4.80. The second-order valence-corrected chi connectivity index (χ2v) is 7.17. The minimum Gasteiger partial charge on any atom is -0.476 e. The molecule has 0 unspecified atom stereocenters. The molecule has 2 amide bonds. The number of benzene rings is 2. The number of anilines is 1. The van der Waals surface area contributed by atoms with E-state index >= 15 is 0 Å². The fourth-order valence-electron chi connectivity index (χ4n) is 3.21. The van der Waals surface area contributed by atoms with E-state index in [-0.39, 0.29) is 24.1 Å². The average molecular weight is 391 g/mol. The molecule has 0 saturated carbocycles. The van der Waals surface area contributed by atoms with E-state index in [9.17, 15) is 9.59 Å². The molecule has 0 aliphatic carbocycles. The zero-order chi connectivity index (χ0) is 20.5. The molecule has 148 valence electrons. The van der Waals surface area contributed by atoms with E-state index in [2.05, 4.69) is 5.16 Å². The predicted octanol–water partition coefficient (Wildman–Crippen LogP) is 3.15. The molecule has 1 atom stereocenters. The van der Waals surface area contributed by atoms with Gasteiger partial charge in [-0.25, -0.2) is 0 Å². The summed E-state index contributed by atoms with van der Waals surface area (Å²) >= 11 is 0. The van der Waals surface area contributed by atoms with Crippen LogP contribution in [0.4, 0.5) is 5.69 Å². The van der Waals surface area contributed by atoms with Crippen LogP contribution in [0.1, 0.15) is 16.1 Å². The smallest absolute Gasteiger partial charge is 0.297 e. The van der Waals surface area contributed by atoms with Crippen LogP contribution < -0.4 is 9.64 Å². The van der Waals surface area contributed by atoms with Crippen molar-refractivity contribution in [2.24, 2.45) is 0 Å². The van der Waals surface area contributed by atoms with Gasteiger partial charge in [-0.1, -0.05) is 47.1 Å². The molecular formula is C22H21N3O4. The average Bonchev–Trinajstić information content (AvgIpc) is 3.22. The molecule has 3 aromatic rings. The molecule has 0 N–H and O–H groups in total. The van der Waals surface area contributed by atoms with Crippen LogP contribution in [0.5, 0.6) is 5.75 Å². The highest BCUT2D eigenvalue weighted by Crippen LogP contribution is 2.34. The number of rotatable bonds is 3. The number of amides is 2. The number of ether oxygens (including phenoxy) is 1. The maximum Gasteiger partial charge on any atom is 0.297 e. The summed E-state index contributed by atoms with van der Waals surface area (Å²) in [6, 6.07) is 16.6. The van der Waals surface area contributed by atoms with Gasteiger partial charge in [-0.05, 0) is 19.1 Å². The fourth-order valence-corrected chi connectivity index (χ4v) is 3.21. The zero-order valence-corrected chi connectivity index (χ0v) is 16.5. The second kappa shape index (κ2) is 7.43. The number of aromatic nitrogens is 1. The zero-order valence-electron chi connectivity index (χ0n) is 16.5. The van der Waals surface area contributed by atoms with E-state index in [0.717, 1.165) is 11.1 Å². The quantitative estimate of drug-likeness (QED) is 0.686. The van der Waals surface area contributed by atoms with Gasteiger partial charge in [0.2, 0.25) is 5.76 Å². The lowest BCUT2D eigenvalue weighted by molar-refractivity contribution is -0.135. The van der Waals surface area contributed by atoms with E-state index in [4.69, 9.17) is 9.26 Å². The Morgan fingerprint density at radius 1 is 1.10 bits per heavy atom. The molecule has 0 saturated heterocycles. The van der Waals surface area contributed by atoms with Crippen molar-refractivity contribution >= 4 is 17.5 Å². The molecule has 7 heteroatoms. The highest BCUT2D eigenvalue weighted by Gasteiger charge is 2.36. The van der Waals surface area contributed by atoms with Crippen molar-refractivity contribution in [3.05, 3.63) is 65.9 Å². The Kier molecular flexibility index (Phi) is 4.80. The fraction of sp³-hybridized carbons (Fsp3) is 0.227. The molecule has 0 spiro atoms. The van der Waals surface area contributed by atoms with Crippen molar-refractivity contribution in [1.29, 1.82) is 0 Å². The predicted molar refractivity (Wildman–Crippen MR) is 108 cm³/mol. The first-order chi connectivity index (χ1) is 13.9. The highest BCUT2D eigenvalue weighted by atomic mass is 16.5. The Labute approximate surface area is 168 Å². The second-order valence-electron chi connectivity index (χ2n) is 7.17. The van der Waals surface area contributed by atoms with Crippen molar-refractivity contribution < 1.29 is 18.8 Å². The highest BCUT2D eigenvalue weighted by molar-refractivity contribution is 6.06. The number of aryl methyl sites for hydroxylation is 1. The minimum atomic E-state index is -0.789. The number of likely N-dealkylation sites (N-methyl/N-ethyl adjacent to an activating group) is 1. The van der Waals surface area contributed by atoms with Gasteiger partial charge in [0.15, 0.2) is 6.10 Å². The molecule has 2 heterocycles. The Balaban J connectivity index is 1.65. The summed E-state index contributed by atoms with van der Waals surface area (Å²) in [5.74, 6) is -0.00251. The molecule has 1 aromatic heterocycles. The first kappa shape index (κ1) is 18.7. The first-order valence-corrected chi connectivity index (χ1v) is 9.26. The topological polar surface area (TPSA) is 75.9 Å². The van der Waals surface area contributed by atoms with Gasteiger partial charge >= 0.3 is 0 Å². The van der Waals surface area contributed by atoms with Gasteiger partial charge in [0.05, 0.1) is 12.2 Å². The monoisotopic (exact) mass is 391 g/mol. The molecule has 0 bridgehead atoms. The largest absolute Gasteiger partial charge is 0.476 e. The molecule has 7 nitrogen and oxygen atoms in total. The van der Waals surface area contributed by atoms with Crippen molar-refractivity contribution in [3.63, 3.8) is 0 Å². The third kappa shape index (κ3) is 3.59. The number of carbonyl (C=O) groups is 2. The van der Waals surface area contributed by atoms with E-state index in [1.165, 1.54) is 9.80 Å². The Morgan fingerprint density at radius 3 is 2.55 bits per heavy atom. The van der Waals surface area contributed by atoms with Crippen LogP contribution in [0, 0.1) is 6.92 Å². The molecule has 0 radical (unpaired) electrons. The molecule has 1 aliphatic heterocycles. The van der Waals surface area contributed by atoms with Gasteiger partial charge in [0.1, 0.15) is 11.4 Å². The van der Waals surface area contributed by atoms with Crippen molar-refractivity contribution in [3.8, 4) is 17.0 Å². The van der Waals surface area contributed by atoms with Crippen LogP contribution in [-0.4, -0.2) is 48.6 Å². The number of hydrogen-bond acceptors (Lipinski definition) is 5. The van der Waals surface area contributed by atoms with E-state index < -0.39 is 6.10 Å². The number of para-hydroxylation sites is 2. The molecule has 4 rings (SSSR count). The number of hydrogen-bond donors (Lipinski definition) is 0. The summed E-state index contributed by atoms with van der Waals surface area (Å²) < 4.78 is 11.2. The van der Waals surface area contributed by atoms with Crippen LogP contribution >= 0.6 is 0 Å². The lowest BCUT2D eigenvalue weighted by Gasteiger charge is -2.34. The molecule has 2 aromatic carbocycles. The maximum atomic E-state index is 13.2. The van der Waals surface area contributed by atoms with Crippen LogP contribution in [0.25, 0.3) is 11.3 Å². The maximum absolute atomic E-state index is 13.2. The van der Waals surface area contributed by atoms with Gasteiger partial charge in [-0.15, -0.1) is 0 Å². The summed E-state index contributed by atoms with van der Waals surface area (Å²) in [5.41, 5.74) is 3.17. The standard InChI is InChI=1S/C22H21N3O4/c1-14-8-10-15(11-9-14)16-12-19(29-23-16)22(27)25-13-20(21(26)24(2)3)28-18-7-5-4-6-17(18)25/h4-12,20H,13H2,1-3H3/t20-/m0/s1. The van der Waals surface area contributed by atoms with Crippen LogP contribution in [-0.2, 0) is 4.79 Å². The Morgan fingerprint density at radius 2 is 1.83 bits per heavy atom. The lowest BCUT2D eigenvalue weighted by Crippen LogP contribution is -2.50. The van der Waals surface area contributed by atoms with E-state index in [0.29, 0.717) is 17.1 Å². The summed E-state index contributed by atoms with van der Waals surface area (Å²) in [5, 5.41) is 4.04. The van der Waals surface area contributed by atoms with Crippen LogP contribution in [0.15, 0.2) is 59.1 Å². The molecule has 29 heavy (non-hydrogen) atoms. The van der Waals surface area contributed by atoms with Crippen molar-refractivity contribution in [2.45, 2.75) is 13.0 Å². The van der Waals surface area contributed by atoms with Gasteiger partial charge in [0.25, 0.3) is 11.8 Å². The lowest BCUT2D eigenvalue weighted by atomic mass is 10.1. The minimum absolute atomic E-state index is 0.0907. The van der Waals surface area contributed by atoms with E-state index in [1.54, 1.807) is 38.4 Å². The summed E-state index contributed by atoms with van der Waals surface area (Å²) in [4.78, 5) is 28.6. The summed E-state index contributed by atoms with van der Waals surface area (Å²) in [6.45, 7) is 2.09. The Bertz CT molecular complexity index is 1060. The molecule has 0 fully saturated rings. The number of carbonyl (C=O) groups excluding carboxylic acids is 2. The molecular weight excluding hydrogens is 370 g/mol. The normalized spacial score (nSPS) is 15.4. The van der Waals surface area contributed by atoms with Crippen molar-refractivity contribution in [1.82, 2.24) is 10.1 Å². The number of nitrogens with zero attached hydrogens (tertiary/aromatic N) is 3. The van der Waals surface area contributed by atoms with E-state index in [1.807, 2.05) is 37.3 Å². The van der Waals surface area contributed by atoms with Gasteiger partial charge in [0, 0.05) is 25.7 Å². The van der Waals surface area contributed by atoms with Crippen LogP contribution in [0.2, 0.25) is 0 Å². The summed E-state index contributed by atoms with van der Waals surface area (Å²) in [6.07, 6.45) is -0.789. The Hall–Kier alpha value is -3.61. The molecule has 1 aliphatic rings. The van der Waals surface area contributed by atoms with Crippen molar-refractivity contribution in [2.75, 3.05) is 25.5 Å². The number of fused-ring (bicyclic) bond motifs is 1. The first-order valence-electron chi connectivity index (χ1n) is 9.26. The SMILES string of the molecule is Cc1ccc(-c2cc(C(=O)N3C[C@@H](C(=O)N(C)C)Oc4ccccc43)on2)cc1. The third-order valence-electron chi connectivity index (χ3n) is 4.80. The van der Waals surface area contributed by atoms with Gasteiger partial charge in [-0.3, -0.25) is 14.5 Å². The van der Waals surface area contributed by atoms with Crippen LogP contribution in [0.3, 0.4) is 0 Å². The van der Waals surface area contributed by atoms with Gasteiger partial charge < -0.3 is 14.2 Å².